The highest BCUT2D eigenvalue weighted by molar-refractivity contribution is 7.11. The molecular formula is C8H9F3N6S. The Morgan fingerprint density at radius 1 is 1.39 bits per heavy atom. The van der Waals surface area contributed by atoms with Crippen molar-refractivity contribution in [2.24, 2.45) is 5.84 Å². The number of aromatic amines is 1. The molecule has 10 heteroatoms. The van der Waals surface area contributed by atoms with E-state index in [1.165, 1.54) is 6.20 Å². The number of H-pyrrole nitrogens is 1. The molecule has 0 aliphatic heterocycles. The molecule has 0 spiro atoms. The van der Waals surface area contributed by atoms with Crippen molar-refractivity contribution < 1.29 is 13.2 Å². The third-order valence-electron chi connectivity index (χ3n) is 2.23. The Bertz CT molecular complexity index is 533. The van der Waals surface area contributed by atoms with Crippen molar-refractivity contribution >= 4 is 17.2 Å². The Balaban J connectivity index is 2.35. The minimum Gasteiger partial charge on any atom is -0.384 e. The van der Waals surface area contributed by atoms with E-state index in [9.17, 15) is 13.2 Å². The first-order valence-corrected chi connectivity index (χ1v) is 5.53. The van der Waals surface area contributed by atoms with Crippen LogP contribution in [0.3, 0.4) is 0 Å². The minimum absolute atomic E-state index is 0.236. The number of anilines is 1. The lowest BCUT2D eigenvalue weighted by Crippen LogP contribution is -2.28. The van der Waals surface area contributed by atoms with Crippen molar-refractivity contribution in [2.45, 2.75) is 12.2 Å². The van der Waals surface area contributed by atoms with E-state index in [1.807, 2.05) is 0 Å². The fraction of sp³-hybridized carbons (Fsp3) is 0.250. The second kappa shape index (κ2) is 4.55. The lowest BCUT2D eigenvalue weighted by atomic mass is 10.1. The zero-order valence-electron chi connectivity index (χ0n) is 8.82. The molecule has 0 radical (unpaired) electrons. The van der Waals surface area contributed by atoms with E-state index in [0.717, 1.165) is 6.20 Å². The molecule has 1 atom stereocenters. The van der Waals surface area contributed by atoms with Gasteiger partial charge in [-0.1, -0.05) is 0 Å². The highest BCUT2D eigenvalue weighted by atomic mass is 32.1. The molecule has 6 N–H and O–H groups in total. The summed E-state index contributed by atoms with van der Waals surface area (Å²) in [6.45, 7) is 0. The van der Waals surface area contributed by atoms with Crippen LogP contribution >= 0.6 is 11.3 Å². The van der Waals surface area contributed by atoms with Gasteiger partial charge in [0.25, 0.3) is 0 Å². The van der Waals surface area contributed by atoms with Crippen molar-refractivity contribution in [1.82, 2.24) is 20.6 Å². The van der Waals surface area contributed by atoms with Crippen LogP contribution in [0.5, 0.6) is 0 Å². The number of aromatic nitrogens is 3. The van der Waals surface area contributed by atoms with E-state index >= 15 is 0 Å². The quantitative estimate of drug-likeness (QED) is 0.495. The highest BCUT2D eigenvalue weighted by Gasteiger charge is 2.35. The van der Waals surface area contributed by atoms with Crippen LogP contribution in [0.25, 0.3) is 0 Å². The van der Waals surface area contributed by atoms with Gasteiger partial charge in [-0.05, 0) is 0 Å². The Morgan fingerprint density at radius 3 is 2.56 bits per heavy atom. The standard InChI is InChI=1S/C8H9F3N6S/c9-8(10,11)7-14-2-4(18-7)5(16-13)3-1-15-17-6(3)12/h1-2,5,16H,13H2,(H3,12,15,17). The molecule has 0 aromatic carbocycles. The maximum absolute atomic E-state index is 12.4. The Hall–Kier alpha value is -1.65. The number of hydrogen-bond acceptors (Lipinski definition) is 6. The largest absolute Gasteiger partial charge is 0.443 e. The molecule has 2 heterocycles. The maximum atomic E-state index is 12.4. The third-order valence-corrected chi connectivity index (χ3v) is 3.33. The van der Waals surface area contributed by atoms with E-state index in [0.29, 0.717) is 21.8 Å². The number of nitrogens with zero attached hydrogens (tertiary/aromatic N) is 2. The van der Waals surface area contributed by atoms with Gasteiger partial charge < -0.3 is 5.73 Å². The smallest absolute Gasteiger partial charge is 0.384 e. The molecule has 2 aromatic heterocycles. The normalized spacial score (nSPS) is 13.8. The number of nitrogens with two attached hydrogens (primary N) is 2. The van der Waals surface area contributed by atoms with E-state index in [2.05, 4.69) is 20.6 Å². The predicted molar refractivity (Wildman–Crippen MR) is 59.3 cm³/mol. The van der Waals surface area contributed by atoms with Crippen molar-refractivity contribution in [3.8, 4) is 0 Å². The fourth-order valence-corrected chi connectivity index (χ4v) is 2.27. The Kier molecular flexibility index (Phi) is 3.24. The van der Waals surface area contributed by atoms with Crippen molar-refractivity contribution in [3.63, 3.8) is 0 Å². The number of hydrazine groups is 1. The second-order valence-corrected chi connectivity index (χ2v) is 4.47. The van der Waals surface area contributed by atoms with Crippen molar-refractivity contribution in [3.05, 3.63) is 27.8 Å². The summed E-state index contributed by atoms with van der Waals surface area (Å²) in [4.78, 5) is 3.63. The zero-order valence-corrected chi connectivity index (χ0v) is 9.64. The molecule has 6 nitrogen and oxygen atoms in total. The van der Waals surface area contributed by atoms with Crippen molar-refractivity contribution in [2.75, 3.05) is 5.73 Å². The first-order valence-electron chi connectivity index (χ1n) is 4.71. The zero-order chi connectivity index (χ0) is 13.3. The summed E-state index contributed by atoms with van der Waals surface area (Å²) in [6.07, 6.45) is -1.96. The van der Waals surface area contributed by atoms with Gasteiger partial charge in [-0.2, -0.15) is 18.3 Å². The van der Waals surface area contributed by atoms with Gasteiger partial charge in [0.05, 0.1) is 12.2 Å². The number of alkyl halides is 3. The van der Waals surface area contributed by atoms with Crippen LogP contribution in [-0.4, -0.2) is 15.2 Å². The molecule has 0 saturated carbocycles. The predicted octanol–water partition coefficient (Wildman–Crippen LogP) is 1.02. The Morgan fingerprint density at radius 2 is 2.11 bits per heavy atom. The van der Waals surface area contributed by atoms with Crippen LogP contribution < -0.4 is 17.0 Å². The summed E-state index contributed by atoms with van der Waals surface area (Å²) in [5.41, 5.74) is 8.45. The molecule has 0 fully saturated rings. The summed E-state index contributed by atoms with van der Waals surface area (Å²) < 4.78 is 37.3. The van der Waals surface area contributed by atoms with Gasteiger partial charge in [-0.25, -0.2) is 10.4 Å². The summed E-state index contributed by atoms with van der Waals surface area (Å²) in [7, 11) is 0. The van der Waals surface area contributed by atoms with E-state index in [-0.39, 0.29) is 5.82 Å². The van der Waals surface area contributed by atoms with Gasteiger partial charge in [0.15, 0.2) is 5.01 Å². The molecule has 0 aliphatic rings. The molecule has 0 saturated heterocycles. The Labute approximate surface area is 103 Å². The highest BCUT2D eigenvalue weighted by Crippen LogP contribution is 2.36. The van der Waals surface area contributed by atoms with Crippen LogP contribution in [0.1, 0.15) is 21.5 Å². The molecule has 98 valence electrons. The monoisotopic (exact) mass is 278 g/mol. The number of nitrogen functional groups attached to an aromatic ring is 1. The van der Waals surface area contributed by atoms with E-state index < -0.39 is 17.2 Å². The fourth-order valence-electron chi connectivity index (χ4n) is 1.41. The molecule has 2 rings (SSSR count). The average molecular weight is 278 g/mol. The number of hydrogen-bond donors (Lipinski definition) is 4. The number of halogens is 3. The van der Waals surface area contributed by atoms with Gasteiger partial charge in [0.2, 0.25) is 0 Å². The molecule has 2 aromatic rings. The summed E-state index contributed by atoms with van der Waals surface area (Å²) >= 11 is 0.504. The molecule has 0 bridgehead atoms. The first kappa shape index (κ1) is 12.8. The number of thiazole rings is 1. The van der Waals surface area contributed by atoms with Gasteiger partial charge in [-0.3, -0.25) is 10.9 Å². The van der Waals surface area contributed by atoms with Gasteiger partial charge in [-0.15, -0.1) is 11.3 Å². The molecule has 1 unspecified atom stereocenters. The summed E-state index contributed by atoms with van der Waals surface area (Å²) in [6, 6.07) is -0.683. The van der Waals surface area contributed by atoms with Crippen LogP contribution in [0.2, 0.25) is 0 Å². The average Bonchev–Trinajstić information content (AvgIpc) is 2.89. The van der Waals surface area contributed by atoms with Crippen molar-refractivity contribution in [1.29, 1.82) is 0 Å². The van der Waals surface area contributed by atoms with Crippen LogP contribution in [0.15, 0.2) is 12.4 Å². The van der Waals surface area contributed by atoms with Crippen LogP contribution in [-0.2, 0) is 6.18 Å². The minimum atomic E-state index is -4.47. The molecule has 18 heavy (non-hydrogen) atoms. The lowest BCUT2D eigenvalue weighted by Gasteiger charge is -2.12. The maximum Gasteiger partial charge on any atom is 0.443 e. The SMILES string of the molecule is NNC(c1cnc(C(F)(F)F)s1)c1cn[nH]c1N. The van der Waals surface area contributed by atoms with E-state index in [1.54, 1.807) is 0 Å². The summed E-state index contributed by atoms with van der Waals surface area (Å²) in [5, 5.41) is 5.24. The molecule has 0 aliphatic carbocycles. The van der Waals surface area contributed by atoms with Gasteiger partial charge in [0.1, 0.15) is 5.82 Å². The van der Waals surface area contributed by atoms with E-state index in [4.69, 9.17) is 11.6 Å². The lowest BCUT2D eigenvalue weighted by molar-refractivity contribution is -0.137. The molecule has 0 amide bonds. The topological polar surface area (TPSA) is 106 Å². The second-order valence-electron chi connectivity index (χ2n) is 3.40. The first-order chi connectivity index (χ1) is 8.43. The van der Waals surface area contributed by atoms with Gasteiger partial charge >= 0.3 is 6.18 Å². The number of nitrogens with one attached hydrogen (secondary N) is 2. The summed E-state index contributed by atoms with van der Waals surface area (Å²) in [5.74, 6) is 5.57. The third kappa shape index (κ3) is 2.30. The van der Waals surface area contributed by atoms with Crippen LogP contribution in [0.4, 0.5) is 19.0 Å². The van der Waals surface area contributed by atoms with Crippen LogP contribution in [0, 0.1) is 0 Å². The number of rotatable bonds is 3. The molecular weight excluding hydrogens is 269 g/mol. The van der Waals surface area contributed by atoms with Gasteiger partial charge in [0, 0.05) is 16.6 Å².